The van der Waals surface area contributed by atoms with E-state index in [1.165, 1.54) is 0 Å². The van der Waals surface area contributed by atoms with Crippen LogP contribution in [0.3, 0.4) is 0 Å². The molecule has 2 aromatic rings. The topological polar surface area (TPSA) is 87.7 Å². The second-order valence-corrected chi connectivity index (χ2v) is 5.02. The highest BCUT2D eigenvalue weighted by Gasteiger charge is 2.14. The van der Waals surface area contributed by atoms with Crippen molar-refractivity contribution < 1.29 is 19.4 Å². The molecule has 6 heteroatoms. The van der Waals surface area contributed by atoms with Crippen LogP contribution in [-0.2, 0) is 22.7 Å². The molecule has 2 rings (SSSR count). The van der Waals surface area contributed by atoms with Crippen molar-refractivity contribution in [3.05, 3.63) is 59.7 Å². The Hall–Kier alpha value is -2.86. The summed E-state index contributed by atoms with van der Waals surface area (Å²) in [7, 11) is 0. The Morgan fingerprint density at radius 2 is 1.67 bits per heavy atom. The van der Waals surface area contributed by atoms with Crippen molar-refractivity contribution in [1.82, 2.24) is 5.32 Å². The molecule has 24 heavy (non-hydrogen) atoms. The minimum atomic E-state index is -0.749. The predicted molar refractivity (Wildman–Crippen MR) is 90.5 cm³/mol. The van der Waals surface area contributed by atoms with E-state index in [0.717, 1.165) is 5.56 Å². The van der Waals surface area contributed by atoms with Gasteiger partial charge in [0.15, 0.2) is 0 Å². The van der Waals surface area contributed by atoms with E-state index >= 15 is 0 Å². The van der Waals surface area contributed by atoms with Gasteiger partial charge in [-0.2, -0.15) is 0 Å². The van der Waals surface area contributed by atoms with Gasteiger partial charge in [-0.25, -0.2) is 0 Å². The lowest BCUT2D eigenvalue weighted by Gasteiger charge is -2.09. The molecule has 0 saturated heterocycles. The van der Waals surface area contributed by atoms with Gasteiger partial charge in [0, 0.05) is 12.2 Å². The maximum atomic E-state index is 11.9. The Bertz CT molecular complexity index is 698. The summed E-state index contributed by atoms with van der Waals surface area (Å²) < 4.78 is 5.31. The molecule has 0 spiro atoms. The summed E-state index contributed by atoms with van der Waals surface area (Å²) >= 11 is 0. The van der Waals surface area contributed by atoms with E-state index in [1.807, 2.05) is 6.92 Å². The maximum Gasteiger partial charge on any atom is 0.313 e. The summed E-state index contributed by atoms with van der Waals surface area (Å²) in [5.41, 5.74) is 1.99. The summed E-state index contributed by atoms with van der Waals surface area (Å²) in [5, 5.41) is 14.3. The van der Waals surface area contributed by atoms with Crippen LogP contribution in [0.25, 0.3) is 0 Å². The van der Waals surface area contributed by atoms with Crippen molar-refractivity contribution in [2.45, 2.75) is 20.1 Å². The minimum Gasteiger partial charge on any atom is -0.494 e. The van der Waals surface area contributed by atoms with E-state index in [4.69, 9.17) is 4.74 Å². The van der Waals surface area contributed by atoms with Crippen LogP contribution in [0.1, 0.15) is 18.1 Å². The highest BCUT2D eigenvalue weighted by Crippen LogP contribution is 2.15. The van der Waals surface area contributed by atoms with E-state index in [9.17, 15) is 14.7 Å². The third-order valence-electron chi connectivity index (χ3n) is 3.36. The molecular formula is C18H20N2O4. The van der Waals surface area contributed by atoms with Crippen LogP contribution in [0.5, 0.6) is 5.75 Å². The lowest BCUT2D eigenvalue weighted by molar-refractivity contribution is -0.136. The fourth-order valence-corrected chi connectivity index (χ4v) is 2.13. The van der Waals surface area contributed by atoms with E-state index in [1.54, 1.807) is 48.5 Å². The third-order valence-corrected chi connectivity index (χ3v) is 3.36. The molecule has 0 aliphatic carbocycles. The van der Waals surface area contributed by atoms with Crippen LogP contribution < -0.4 is 15.4 Å². The minimum absolute atomic E-state index is 0.121. The number of nitrogens with one attached hydrogen (secondary N) is 2. The summed E-state index contributed by atoms with van der Waals surface area (Å²) in [6, 6.07) is 13.9. The van der Waals surface area contributed by atoms with Gasteiger partial charge >= 0.3 is 11.8 Å². The molecule has 0 aliphatic rings. The van der Waals surface area contributed by atoms with E-state index in [0.29, 0.717) is 23.6 Å². The largest absolute Gasteiger partial charge is 0.494 e. The SMILES string of the molecule is CCOc1ccc(NC(=O)C(=O)NCc2ccccc2CO)cc1. The molecule has 0 aliphatic heterocycles. The molecule has 0 unspecified atom stereocenters. The van der Waals surface area contributed by atoms with Gasteiger partial charge in [-0.1, -0.05) is 24.3 Å². The first-order chi connectivity index (χ1) is 11.6. The van der Waals surface area contributed by atoms with Crippen LogP contribution in [0.2, 0.25) is 0 Å². The molecule has 6 nitrogen and oxygen atoms in total. The molecule has 0 saturated carbocycles. The molecule has 0 atom stereocenters. The standard InChI is InChI=1S/C18H20N2O4/c1-2-24-16-9-7-15(8-10-16)20-18(23)17(22)19-11-13-5-3-4-6-14(13)12-21/h3-10,21H,2,11-12H2,1H3,(H,19,22)(H,20,23). The monoisotopic (exact) mass is 328 g/mol. The van der Waals surface area contributed by atoms with Gasteiger partial charge in [0.2, 0.25) is 0 Å². The summed E-state index contributed by atoms with van der Waals surface area (Å²) in [6.45, 7) is 2.50. The highest BCUT2D eigenvalue weighted by molar-refractivity contribution is 6.39. The first-order valence-electron chi connectivity index (χ1n) is 7.63. The Labute approximate surface area is 140 Å². The first-order valence-corrected chi connectivity index (χ1v) is 7.63. The number of aliphatic hydroxyl groups excluding tert-OH is 1. The zero-order chi connectivity index (χ0) is 17.4. The van der Waals surface area contributed by atoms with Gasteiger partial charge in [-0.15, -0.1) is 0 Å². The lowest BCUT2D eigenvalue weighted by Crippen LogP contribution is -2.35. The van der Waals surface area contributed by atoms with E-state index in [2.05, 4.69) is 10.6 Å². The quantitative estimate of drug-likeness (QED) is 0.706. The molecule has 2 amide bonds. The molecule has 126 valence electrons. The summed E-state index contributed by atoms with van der Waals surface area (Å²) in [6.07, 6.45) is 0. The van der Waals surface area contributed by atoms with Gasteiger partial charge < -0.3 is 20.5 Å². The number of benzene rings is 2. The average Bonchev–Trinajstić information content (AvgIpc) is 2.61. The number of carbonyl (C=O) groups excluding carboxylic acids is 2. The Kier molecular flexibility index (Phi) is 6.33. The van der Waals surface area contributed by atoms with Crippen molar-refractivity contribution in [3.8, 4) is 5.75 Å². The molecular weight excluding hydrogens is 308 g/mol. The normalized spacial score (nSPS) is 10.1. The average molecular weight is 328 g/mol. The van der Waals surface area contributed by atoms with Crippen LogP contribution in [-0.4, -0.2) is 23.5 Å². The molecule has 0 fully saturated rings. The molecule has 0 radical (unpaired) electrons. The van der Waals surface area contributed by atoms with Crippen LogP contribution >= 0.6 is 0 Å². The second kappa shape index (κ2) is 8.69. The zero-order valence-corrected chi connectivity index (χ0v) is 13.4. The number of aliphatic hydroxyl groups is 1. The number of carbonyl (C=O) groups is 2. The van der Waals surface area contributed by atoms with Crippen LogP contribution in [0.4, 0.5) is 5.69 Å². The van der Waals surface area contributed by atoms with Gasteiger partial charge in [-0.05, 0) is 42.3 Å². The summed E-state index contributed by atoms with van der Waals surface area (Å²) in [5.74, 6) is -0.794. The van der Waals surface area contributed by atoms with E-state index in [-0.39, 0.29) is 13.2 Å². The fourth-order valence-electron chi connectivity index (χ4n) is 2.13. The smallest absolute Gasteiger partial charge is 0.313 e. The molecule has 0 bridgehead atoms. The maximum absolute atomic E-state index is 11.9. The highest BCUT2D eigenvalue weighted by atomic mass is 16.5. The van der Waals surface area contributed by atoms with Crippen molar-refractivity contribution >= 4 is 17.5 Å². The van der Waals surface area contributed by atoms with Gasteiger partial charge in [-0.3, -0.25) is 9.59 Å². The van der Waals surface area contributed by atoms with E-state index < -0.39 is 11.8 Å². The number of hydrogen-bond donors (Lipinski definition) is 3. The molecule has 0 aromatic heterocycles. The van der Waals surface area contributed by atoms with Crippen LogP contribution in [0.15, 0.2) is 48.5 Å². The third kappa shape index (κ3) is 4.82. The van der Waals surface area contributed by atoms with Crippen molar-refractivity contribution in [1.29, 1.82) is 0 Å². The van der Waals surface area contributed by atoms with Gasteiger partial charge in [0.25, 0.3) is 0 Å². The number of ether oxygens (including phenoxy) is 1. The van der Waals surface area contributed by atoms with Gasteiger partial charge in [0.1, 0.15) is 5.75 Å². The summed E-state index contributed by atoms with van der Waals surface area (Å²) in [4.78, 5) is 23.8. The first kappa shape index (κ1) is 17.5. The van der Waals surface area contributed by atoms with Crippen molar-refractivity contribution in [2.75, 3.05) is 11.9 Å². The Balaban J connectivity index is 1.89. The molecule has 3 N–H and O–H groups in total. The van der Waals surface area contributed by atoms with Crippen LogP contribution in [0, 0.1) is 0 Å². The lowest BCUT2D eigenvalue weighted by atomic mass is 10.1. The number of amides is 2. The number of rotatable bonds is 6. The number of anilines is 1. The molecule has 2 aromatic carbocycles. The number of hydrogen-bond acceptors (Lipinski definition) is 4. The van der Waals surface area contributed by atoms with Gasteiger partial charge in [0.05, 0.1) is 13.2 Å². The predicted octanol–water partition coefficient (Wildman–Crippen LogP) is 1.83. The second-order valence-electron chi connectivity index (χ2n) is 5.02. The van der Waals surface area contributed by atoms with Crippen molar-refractivity contribution in [3.63, 3.8) is 0 Å². The Morgan fingerprint density at radius 1 is 1.00 bits per heavy atom. The Morgan fingerprint density at radius 3 is 2.29 bits per heavy atom. The van der Waals surface area contributed by atoms with Crippen molar-refractivity contribution in [2.24, 2.45) is 0 Å². The fraction of sp³-hybridized carbons (Fsp3) is 0.222. The molecule has 0 heterocycles. The zero-order valence-electron chi connectivity index (χ0n) is 13.4.